The monoisotopic (exact) mass is 404 g/mol. The molecule has 0 aromatic heterocycles. The number of hydrogen-bond acceptors (Lipinski definition) is 2. The zero-order chi connectivity index (χ0) is 15.2. The fourth-order valence-electron chi connectivity index (χ4n) is 1.86. The van der Waals surface area contributed by atoms with E-state index in [1.807, 2.05) is 0 Å². The molecule has 0 saturated heterocycles. The Bertz CT molecular complexity index is 242. The first kappa shape index (κ1) is 20.3. The minimum atomic E-state index is -3.49. The predicted molar refractivity (Wildman–Crippen MR) is 75.6 cm³/mol. The van der Waals surface area contributed by atoms with Crippen LogP contribution in [0.25, 0.3) is 0 Å². The number of unbranched alkanes of at least 4 members (excludes halogenated alkanes) is 7. The number of halogens is 3. The van der Waals surface area contributed by atoms with E-state index in [4.69, 9.17) is 3.07 Å². The summed E-state index contributed by atoms with van der Waals surface area (Å²) in [5.41, 5.74) is 0. The summed E-state index contributed by atoms with van der Waals surface area (Å²) in [6.07, 6.45) is 5.06. The van der Waals surface area contributed by atoms with Crippen LogP contribution in [0.2, 0.25) is 4.44 Å². The molecule has 0 radical (unpaired) electrons. The van der Waals surface area contributed by atoms with Gasteiger partial charge in [-0.2, -0.15) is 0 Å². The molecule has 20 heavy (non-hydrogen) atoms. The van der Waals surface area contributed by atoms with E-state index in [2.05, 4.69) is 6.92 Å². The summed E-state index contributed by atoms with van der Waals surface area (Å²) < 4.78 is 53.5. The van der Waals surface area contributed by atoms with E-state index in [0.717, 1.165) is 19.3 Å². The molecule has 2 nitrogen and oxygen atoms in total. The van der Waals surface area contributed by atoms with Crippen LogP contribution in [-0.4, -0.2) is 45.8 Å². The van der Waals surface area contributed by atoms with Crippen LogP contribution in [0, 0.1) is 0 Å². The molecule has 120 valence electrons. The first-order valence-electron chi connectivity index (χ1n) is 7.61. The van der Waals surface area contributed by atoms with E-state index in [1.54, 1.807) is 0 Å². The van der Waals surface area contributed by atoms with Crippen LogP contribution in [0.3, 0.4) is 0 Å². The van der Waals surface area contributed by atoms with Crippen molar-refractivity contribution < 1.29 is 19.3 Å². The summed E-state index contributed by atoms with van der Waals surface area (Å²) in [6.45, 7) is 1.17. The van der Waals surface area contributed by atoms with Crippen molar-refractivity contribution in [2.75, 3.05) is 13.3 Å². The molecule has 0 N–H and O–H groups in total. The topological polar surface area (TPSA) is 26.3 Å². The molecule has 0 amide bonds. The van der Waals surface area contributed by atoms with Gasteiger partial charge in [0.15, 0.2) is 0 Å². The van der Waals surface area contributed by atoms with Gasteiger partial charge >= 0.3 is 128 Å². The Morgan fingerprint density at radius 3 is 2.05 bits per heavy atom. The molecule has 0 aliphatic rings. The van der Waals surface area contributed by atoms with Crippen LogP contribution in [0.5, 0.6) is 0 Å². The van der Waals surface area contributed by atoms with Gasteiger partial charge in [-0.05, 0) is 0 Å². The van der Waals surface area contributed by atoms with E-state index in [1.165, 1.54) is 32.1 Å². The Labute approximate surface area is 128 Å². The molecule has 0 saturated carbocycles. The SMILES string of the molecule is CCCCCCCCCC[O][Sn](=[O])[CH2]C(F)C(F)CF. The van der Waals surface area contributed by atoms with Crippen molar-refractivity contribution in [1.82, 2.24) is 0 Å². The molecule has 2 atom stereocenters. The standard InChI is InChI=1S/C10H21O.C4H6F3.O.Sn/c1-2-3-4-5-6-7-8-9-10-11;1-3(6)4(7)2-5;;/h2-10H2,1H3;3-4H,1-2H2;;/q-1;;;+1. The van der Waals surface area contributed by atoms with Gasteiger partial charge in [-0.3, -0.25) is 0 Å². The molecule has 0 bridgehead atoms. The van der Waals surface area contributed by atoms with Gasteiger partial charge in [0, 0.05) is 0 Å². The molecule has 0 rings (SSSR count). The Hall–Kier alpha value is 0.349. The molecule has 6 heteroatoms. The Morgan fingerprint density at radius 2 is 1.50 bits per heavy atom. The van der Waals surface area contributed by atoms with Crippen molar-refractivity contribution in [3.05, 3.63) is 0 Å². The second kappa shape index (κ2) is 14.3. The third kappa shape index (κ3) is 12.1. The molecule has 0 heterocycles. The molecule has 0 aromatic rings. The van der Waals surface area contributed by atoms with E-state index in [-0.39, 0.29) is 0 Å². The molecule has 0 aromatic carbocycles. The van der Waals surface area contributed by atoms with Crippen LogP contribution in [0.4, 0.5) is 13.2 Å². The maximum absolute atomic E-state index is 13.0. The Kier molecular flexibility index (Phi) is 14.5. The fraction of sp³-hybridized carbons (Fsp3) is 1.00. The Balaban J connectivity index is 3.35. The Morgan fingerprint density at radius 1 is 0.950 bits per heavy atom. The van der Waals surface area contributed by atoms with Crippen molar-refractivity contribution >= 4 is 20.2 Å². The van der Waals surface area contributed by atoms with E-state index < -0.39 is 43.6 Å². The molecule has 0 spiro atoms. The quantitative estimate of drug-likeness (QED) is 0.310. The fourth-order valence-corrected chi connectivity index (χ4v) is 4.90. The summed E-state index contributed by atoms with van der Waals surface area (Å²) in [6, 6.07) is 0. The third-order valence-corrected chi connectivity index (χ3v) is 6.73. The van der Waals surface area contributed by atoms with Crippen molar-refractivity contribution in [3.63, 3.8) is 0 Å². The van der Waals surface area contributed by atoms with Crippen molar-refractivity contribution in [2.45, 2.75) is 75.1 Å². The van der Waals surface area contributed by atoms with Gasteiger partial charge in [0.05, 0.1) is 0 Å². The van der Waals surface area contributed by atoms with Gasteiger partial charge in [0.2, 0.25) is 0 Å². The van der Waals surface area contributed by atoms with E-state index in [0.29, 0.717) is 6.61 Å². The molecular formula is C14H27F3O2Sn. The number of alkyl halides is 3. The van der Waals surface area contributed by atoms with E-state index >= 15 is 0 Å². The molecule has 0 aliphatic heterocycles. The first-order valence-corrected chi connectivity index (χ1v) is 12.0. The summed E-state index contributed by atoms with van der Waals surface area (Å²) in [7, 11) is 0. The molecule has 0 fully saturated rings. The molecule has 2 unspecified atom stereocenters. The van der Waals surface area contributed by atoms with Crippen LogP contribution in [-0.2, 0) is 6.15 Å². The minimum absolute atomic E-state index is 0.354. The summed E-state index contributed by atoms with van der Waals surface area (Å²) >= 11 is -3.49. The van der Waals surface area contributed by atoms with Gasteiger partial charge in [-0.1, -0.05) is 0 Å². The van der Waals surface area contributed by atoms with E-state index in [9.17, 15) is 16.2 Å². The van der Waals surface area contributed by atoms with Crippen molar-refractivity contribution in [1.29, 1.82) is 0 Å². The molecule has 0 aliphatic carbocycles. The zero-order valence-corrected chi connectivity index (χ0v) is 15.2. The summed E-state index contributed by atoms with van der Waals surface area (Å²) in [4.78, 5) is 0. The maximum atomic E-state index is 13.0. The zero-order valence-electron chi connectivity index (χ0n) is 12.4. The predicted octanol–water partition coefficient (Wildman–Crippen LogP) is 4.71. The van der Waals surface area contributed by atoms with Crippen molar-refractivity contribution in [2.24, 2.45) is 0 Å². The van der Waals surface area contributed by atoms with Crippen molar-refractivity contribution in [3.8, 4) is 0 Å². The van der Waals surface area contributed by atoms with Crippen LogP contribution >= 0.6 is 0 Å². The van der Waals surface area contributed by atoms with Gasteiger partial charge in [-0.25, -0.2) is 0 Å². The van der Waals surface area contributed by atoms with Gasteiger partial charge in [0.25, 0.3) is 0 Å². The van der Waals surface area contributed by atoms with Gasteiger partial charge in [0.1, 0.15) is 0 Å². The number of hydrogen-bond donors (Lipinski definition) is 0. The van der Waals surface area contributed by atoms with Crippen LogP contribution in [0.15, 0.2) is 0 Å². The van der Waals surface area contributed by atoms with Gasteiger partial charge in [-0.15, -0.1) is 0 Å². The average Bonchev–Trinajstić information content (AvgIpc) is 2.44. The molecular weight excluding hydrogens is 376 g/mol. The first-order chi connectivity index (χ1) is 9.61. The normalized spacial score (nSPS) is 14.2. The second-order valence-electron chi connectivity index (χ2n) is 5.09. The van der Waals surface area contributed by atoms with Crippen LogP contribution in [0.1, 0.15) is 58.3 Å². The summed E-state index contributed by atoms with van der Waals surface area (Å²) in [5, 5.41) is 0. The van der Waals surface area contributed by atoms with Gasteiger partial charge < -0.3 is 0 Å². The average molecular weight is 403 g/mol. The summed E-state index contributed by atoms with van der Waals surface area (Å²) in [5.74, 6) is 0. The second-order valence-corrected chi connectivity index (χ2v) is 9.20. The number of rotatable bonds is 14. The van der Waals surface area contributed by atoms with Crippen LogP contribution < -0.4 is 0 Å². The third-order valence-electron chi connectivity index (χ3n) is 3.16.